The summed E-state index contributed by atoms with van der Waals surface area (Å²) in [7, 11) is -2.12. The van der Waals surface area contributed by atoms with Crippen molar-refractivity contribution < 1.29 is 17.9 Å². The molecular formula is C20H23ClN2O4S. The number of piperidine rings is 1. The Morgan fingerprint density at radius 2 is 1.93 bits per heavy atom. The third-order valence-electron chi connectivity index (χ3n) is 4.86. The lowest BCUT2D eigenvalue weighted by atomic mass is 9.99. The number of hydrogen-bond donors (Lipinski definition) is 1. The van der Waals surface area contributed by atoms with Gasteiger partial charge in [-0.05, 0) is 48.7 Å². The predicted molar refractivity (Wildman–Crippen MR) is 108 cm³/mol. The highest BCUT2D eigenvalue weighted by Gasteiger charge is 2.33. The Balaban J connectivity index is 1.65. The van der Waals surface area contributed by atoms with Crippen LogP contribution in [0.15, 0.2) is 53.4 Å². The topological polar surface area (TPSA) is 75.7 Å². The molecule has 2 aromatic rings. The molecule has 1 amide bonds. The van der Waals surface area contributed by atoms with Crippen molar-refractivity contribution >= 4 is 27.5 Å². The van der Waals surface area contributed by atoms with E-state index in [9.17, 15) is 13.2 Å². The van der Waals surface area contributed by atoms with Crippen LogP contribution in [0.3, 0.4) is 0 Å². The van der Waals surface area contributed by atoms with Gasteiger partial charge < -0.3 is 10.1 Å². The van der Waals surface area contributed by atoms with Gasteiger partial charge in [0.15, 0.2) is 0 Å². The first-order valence-corrected chi connectivity index (χ1v) is 10.9. The number of benzene rings is 2. The maximum Gasteiger partial charge on any atom is 0.243 e. The van der Waals surface area contributed by atoms with Crippen LogP contribution < -0.4 is 10.1 Å². The van der Waals surface area contributed by atoms with Crippen LogP contribution in [0.1, 0.15) is 18.4 Å². The number of halogens is 1. The number of ether oxygens (including phenoxy) is 1. The molecule has 2 aromatic carbocycles. The Morgan fingerprint density at radius 3 is 2.61 bits per heavy atom. The molecule has 0 aliphatic carbocycles. The van der Waals surface area contributed by atoms with Crippen molar-refractivity contribution in [1.82, 2.24) is 9.62 Å². The number of amides is 1. The fourth-order valence-corrected chi connectivity index (χ4v) is 4.97. The number of nitrogens with one attached hydrogen (secondary N) is 1. The van der Waals surface area contributed by atoms with Gasteiger partial charge in [0.1, 0.15) is 5.75 Å². The van der Waals surface area contributed by atoms with E-state index in [1.807, 2.05) is 18.2 Å². The van der Waals surface area contributed by atoms with Crippen LogP contribution in [-0.2, 0) is 21.4 Å². The molecule has 1 atom stereocenters. The minimum atomic E-state index is -3.65. The molecular weight excluding hydrogens is 400 g/mol. The molecule has 0 spiro atoms. The van der Waals surface area contributed by atoms with Gasteiger partial charge in [-0.1, -0.05) is 29.8 Å². The average Bonchev–Trinajstić information content (AvgIpc) is 2.73. The zero-order valence-corrected chi connectivity index (χ0v) is 17.2. The molecule has 8 heteroatoms. The van der Waals surface area contributed by atoms with Crippen LogP contribution in [0.4, 0.5) is 0 Å². The molecule has 1 N–H and O–H groups in total. The van der Waals surface area contributed by atoms with Gasteiger partial charge in [0.2, 0.25) is 15.9 Å². The number of sulfonamides is 1. The van der Waals surface area contributed by atoms with Crippen LogP contribution in [0, 0.1) is 5.92 Å². The Kier molecular flexibility index (Phi) is 6.59. The molecule has 0 bridgehead atoms. The molecule has 0 saturated carbocycles. The zero-order chi connectivity index (χ0) is 20.1. The normalized spacial score (nSPS) is 17.9. The maximum absolute atomic E-state index is 12.9. The van der Waals surface area contributed by atoms with Gasteiger partial charge in [0, 0.05) is 24.7 Å². The number of carbonyl (C=O) groups is 1. The molecule has 1 fully saturated rings. The van der Waals surface area contributed by atoms with E-state index in [4.69, 9.17) is 16.3 Å². The maximum atomic E-state index is 12.9. The van der Waals surface area contributed by atoms with Crippen molar-refractivity contribution in [3.8, 4) is 5.75 Å². The Bertz CT molecular complexity index is 931. The lowest BCUT2D eigenvalue weighted by molar-refractivity contribution is -0.126. The molecule has 6 nitrogen and oxygen atoms in total. The number of methoxy groups -OCH3 is 1. The summed E-state index contributed by atoms with van der Waals surface area (Å²) in [4.78, 5) is 12.8. The van der Waals surface area contributed by atoms with Crippen molar-refractivity contribution in [3.63, 3.8) is 0 Å². The highest BCUT2D eigenvalue weighted by Crippen LogP contribution is 2.25. The molecule has 150 valence electrons. The van der Waals surface area contributed by atoms with E-state index in [1.54, 1.807) is 18.2 Å². The summed E-state index contributed by atoms with van der Waals surface area (Å²) in [6.07, 6.45) is 1.29. The standard InChI is InChI=1S/C20H23ClN2O4S/c1-27-17-8-10-18(11-9-17)28(25,26)23-12-4-6-16(14-23)20(24)22-13-15-5-2-3-7-19(15)21/h2-3,5,7-11,16H,4,6,12-14H2,1H3,(H,22,24). The van der Waals surface area contributed by atoms with Crippen molar-refractivity contribution in [1.29, 1.82) is 0 Å². The summed E-state index contributed by atoms with van der Waals surface area (Å²) in [6.45, 7) is 0.894. The number of carbonyl (C=O) groups excluding carboxylic acids is 1. The van der Waals surface area contributed by atoms with Crippen LogP contribution in [0.2, 0.25) is 5.02 Å². The monoisotopic (exact) mass is 422 g/mol. The summed E-state index contributed by atoms with van der Waals surface area (Å²) < 4.78 is 32.3. The average molecular weight is 423 g/mol. The van der Waals surface area contributed by atoms with Crippen LogP contribution >= 0.6 is 11.6 Å². The van der Waals surface area contributed by atoms with E-state index in [0.29, 0.717) is 36.7 Å². The van der Waals surface area contributed by atoms with E-state index in [0.717, 1.165) is 5.56 Å². The molecule has 3 rings (SSSR count). The van der Waals surface area contributed by atoms with Gasteiger partial charge in [-0.2, -0.15) is 4.31 Å². The van der Waals surface area contributed by atoms with Crippen molar-refractivity contribution in [2.45, 2.75) is 24.3 Å². The molecule has 1 aliphatic rings. The first kappa shape index (κ1) is 20.6. The van der Waals surface area contributed by atoms with Gasteiger partial charge in [0.25, 0.3) is 0 Å². The van der Waals surface area contributed by atoms with Crippen LogP contribution in [-0.4, -0.2) is 38.8 Å². The van der Waals surface area contributed by atoms with Crippen molar-refractivity contribution in [2.75, 3.05) is 20.2 Å². The molecule has 1 heterocycles. The minimum absolute atomic E-state index is 0.158. The Labute approximate surface area is 170 Å². The minimum Gasteiger partial charge on any atom is -0.497 e. The summed E-state index contributed by atoms with van der Waals surface area (Å²) in [5.41, 5.74) is 0.830. The predicted octanol–water partition coefficient (Wildman–Crippen LogP) is 3.07. The highest BCUT2D eigenvalue weighted by atomic mass is 35.5. The number of hydrogen-bond acceptors (Lipinski definition) is 4. The van der Waals surface area contributed by atoms with E-state index in [2.05, 4.69) is 5.32 Å². The van der Waals surface area contributed by atoms with Gasteiger partial charge >= 0.3 is 0 Å². The van der Waals surface area contributed by atoms with Crippen molar-refractivity contribution in [3.05, 3.63) is 59.1 Å². The van der Waals surface area contributed by atoms with E-state index < -0.39 is 10.0 Å². The van der Waals surface area contributed by atoms with Gasteiger partial charge in [-0.25, -0.2) is 8.42 Å². The second kappa shape index (κ2) is 8.94. The van der Waals surface area contributed by atoms with Crippen LogP contribution in [0.5, 0.6) is 5.75 Å². The van der Waals surface area contributed by atoms with E-state index >= 15 is 0 Å². The van der Waals surface area contributed by atoms with Gasteiger partial charge in [0.05, 0.1) is 17.9 Å². The third-order valence-corrected chi connectivity index (χ3v) is 7.11. The Hall–Kier alpha value is -2.09. The third kappa shape index (κ3) is 4.66. The smallest absolute Gasteiger partial charge is 0.243 e. The van der Waals surface area contributed by atoms with E-state index in [1.165, 1.54) is 23.5 Å². The first-order valence-electron chi connectivity index (χ1n) is 9.07. The second-order valence-corrected chi connectivity index (χ2v) is 9.03. The Morgan fingerprint density at radius 1 is 1.21 bits per heavy atom. The fraction of sp³-hybridized carbons (Fsp3) is 0.350. The fourth-order valence-electron chi connectivity index (χ4n) is 3.24. The lowest BCUT2D eigenvalue weighted by Gasteiger charge is -2.31. The highest BCUT2D eigenvalue weighted by molar-refractivity contribution is 7.89. The molecule has 28 heavy (non-hydrogen) atoms. The van der Waals surface area contributed by atoms with E-state index in [-0.39, 0.29) is 23.3 Å². The molecule has 1 aliphatic heterocycles. The summed E-state index contributed by atoms with van der Waals surface area (Å²) in [5, 5.41) is 3.47. The largest absolute Gasteiger partial charge is 0.497 e. The van der Waals surface area contributed by atoms with Crippen molar-refractivity contribution in [2.24, 2.45) is 5.92 Å². The number of rotatable bonds is 6. The first-order chi connectivity index (χ1) is 13.4. The molecule has 1 saturated heterocycles. The lowest BCUT2D eigenvalue weighted by Crippen LogP contribution is -2.45. The quantitative estimate of drug-likeness (QED) is 0.776. The summed E-state index contributed by atoms with van der Waals surface area (Å²) in [5.74, 6) is 0.0493. The number of nitrogens with zero attached hydrogens (tertiary/aromatic N) is 1. The SMILES string of the molecule is COc1ccc(S(=O)(=O)N2CCCC(C(=O)NCc3ccccc3Cl)C2)cc1. The summed E-state index contributed by atoms with van der Waals surface area (Å²) in [6, 6.07) is 13.6. The molecule has 1 unspecified atom stereocenters. The van der Waals surface area contributed by atoms with Crippen LogP contribution in [0.25, 0.3) is 0 Å². The molecule has 0 radical (unpaired) electrons. The summed E-state index contributed by atoms with van der Waals surface area (Å²) >= 11 is 6.12. The van der Waals surface area contributed by atoms with Gasteiger partial charge in [-0.3, -0.25) is 4.79 Å². The zero-order valence-electron chi connectivity index (χ0n) is 15.6. The molecule has 0 aromatic heterocycles. The second-order valence-electron chi connectivity index (χ2n) is 6.69. The van der Waals surface area contributed by atoms with Gasteiger partial charge in [-0.15, -0.1) is 0 Å².